The third-order valence-electron chi connectivity index (χ3n) is 3.69. The Labute approximate surface area is 148 Å². The van der Waals surface area contributed by atoms with Gasteiger partial charge >= 0.3 is 6.18 Å². The molecule has 1 aromatic carbocycles. The number of halogens is 4. The number of carbonyl (C=O) groups excluding carboxylic acids is 1. The van der Waals surface area contributed by atoms with E-state index in [1.54, 1.807) is 19.9 Å². The molecule has 1 aromatic heterocycles. The zero-order valence-corrected chi connectivity index (χ0v) is 14.2. The van der Waals surface area contributed by atoms with Gasteiger partial charge in [0, 0.05) is 18.3 Å². The first-order valence-electron chi connectivity index (χ1n) is 7.96. The minimum absolute atomic E-state index is 0.152. The Hall–Kier alpha value is -2.64. The van der Waals surface area contributed by atoms with Gasteiger partial charge in [0.25, 0.3) is 5.91 Å². The van der Waals surface area contributed by atoms with Crippen molar-refractivity contribution in [2.45, 2.75) is 39.1 Å². The first-order chi connectivity index (χ1) is 12.2. The highest BCUT2D eigenvalue weighted by Gasteiger charge is 2.36. The molecule has 0 aliphatic heterocycles. The van der Waals surface area contributed by atoms with E-state index in [0.29, 0.717) is 18.1 Å². The zero-order chi connectivity index (χ0) is 19.3. The van der Waals surface area contributed by atoms with E-state index in [1.807, 2.05) is 0 Å². The molecule has 140 valence electrons. The minimum Gasteiger partial charge on any atom is -0.473 e. The summed E-state index contributed by atoms with van der Waals surface area (Å²) in [6.45, 7) is 3.34. The lowest BCUT2D eigenvalue weighted by Gasteiger charge is -2.16. The molecule has 0 spiro atoms. The van der Waals surface area contributed by atoms with Gasteiger partial charge in [-0.1, -0.05) is 19.1 Å². The van der Waals surface area contributed by atoms with Crippen molar-refractivity contribution in [3.05, 3.63) is 59.0 Å². The van der Waals surface area contributed by atoms with E-state index in [4.69, 9.17) is 4.74 Å². The highest BCUT2D eigenvalue weighted by Crippen LogP contribution is 2.33. The Morgan fingerprint density at radius 2 is 2.04 bits per heavy atom. The second-order valence-electron chi connectivity index (χ2n) is 5.77. The molecule has 1 N–H and O–H groups in total. The van der Waals surface area contributed by atoms with Gasteiger partial charge in [-0.2, -0.15) is 13.2 Å². The normalized spacial score (nSPS) is 12.5. The summed E-state index contributed by atoms with van der Waals surface area (Å²) in [7, 11) is 0. The van der Waals surface area contributed by atoms with E-state index < -0.39 is 29.0 Å². The van der Waals surface area contributed by atoms with Crippen molar-refractivity contribution >= 4 is 5.91 Å². The molecule has 26 heavy (non-hydrogen) atoms. The molecule has 0 unspecified atom stereocenters. The van der Waals surface area contributed by atoms with Gasteiger partial charge in [-0.3, -0.25) is 4.79 Å². The fourth-order valence-corrected chi connectivity index (χ4v) is 2.12. The quantitative estimate of drug-likeness (QED) is 0.770. The number of hydrogen-bond acceptors (Lipinski definition) is 3. The number of pyridine rings is 1. The van der Waals surface area contributed by atoms with E-state index in [1.165, 1.54) is 18.2 Å². The average Bonchev–Trinajstić information content (AvgIpc) is 2.59. The number of ether oxygens (including phenoxy) is 1. The highest BCUT2D eigenvalue weighted by molar-refractivity contribution is 5.95. The van der Waals surface area contributed by atoms with Crippen LogP contribution in [-0.4, -0.2) is 16.9 Å². The van der Waals surface area contributed by atoms with Crippen LogP contribution in [0.4, 0.5) is 17.6 Å². The number of nitrogens with zero attached hydrogens (tertiary/aromatic N) is 1. The van der Waals surface area contributed by atoms with Crippen molar-refractivity contribution in [1.82, 2.24) is 10.3 Å². The number of benzene rings is 1. The maximum absolute atomic E-state index is 13.3. The average molecular weight is 370 g/mol. The van der Waals surface area contributed by atoms with Gasteiger partial charge in [0.1, 0.15) is 12.4 Å². The number of aromatic nitrogens is 1. The standard InChI is InChI=1S/C18H18F4N2O2/c1-3-11(2)24-17(25)14-9-23-16(8-15(14)18(20,21)22)26-10-12-5-4-6-13(19)7-12/h4-9,11H,3,10H2,1-2H3,(H,24,25)/t11-/m1/s1. The highest BCUT2D eigenvalue weighted by atomic mass is 19.4. The summed E-state index contributed by atoms with van der Waals surface area (Å²) in [5.41, 5.74) is -1.27. The molecule has 1 amide bonds. The summed E-state index contributed by atoms with van der Waals surface area (Å²) >= 11 is 0. The van der Waals surface area contributed by atoms with Gasteiger partial charge in [-0.25, -0.2) is 9.37 Å². The predicted octanol–water partition coefficient (Wildman–Crippen LogP) is 4.35. The van der Waals surface area contributed by atoms with Crippen LogP contribution >= 0.6 is 0 Å². The van der Waals surface area contributed by atoms with Crippen LogP contribution < -0.4 is 10.1 Å². The maximum atomic E-state index is 13.3. The lowest BCUT2D eigenvalue weighted by atomic mass is 10.1. The van der Waals surface area contributed by atoms with Gasteiger partial charge in [0.15, 0.2) is 0 Å². The van der Waals surface area contributed by atoms with Crippen LogP contribution in [0.5, 0.6) is 5.88 Å². The van der Waals surface area contributed by atoms with Crippen molar-refractivity contribution in [2.24, 2.45) is 0 Å². The Kier molecular flexibility index (Phi) is 6.18. The fraction of sp³-hybridized carbons (Fsp3) is 0.333. The molecule has 4 nitrogen and oxygen atoms in total. The van der Waals surface area contributed by atoms with E-state index in [9.17, 15) is 22.4 Å². The number of hydrogen-bond donors (Lipinski definition) is 1. The van der Waals surface area contributed by atoms with E-state index in [0.717, 1.165) is 6.20 Å². The summed E-state index contributed by atoms with van der Waals surface area (Å²) < 4.78 is 58.3. The summed E-state index contributed by atoms with van der Waals surface area (Å²) in [5, 5.41) is 2.48. The molecule has 0 aliphatic rings. The number of carbonyl (C=O) groups is 1. The first-order valence-corrected chi connectivity index (χ1v) is 7.96. The molecule has 2 rings (SSSR count). The predicted molar refractivity (Wildman–Crippen MR) is 87.2 cm³/mol. The Morgan fingerprint density at radius 3 is 2.65 bits per heavy atom. The van der Waals surface area contributed by atoms with Crippen LogP contribution in [0.15, 0.2) is 36.5 Å². The van der Waals surface area contributed by atoms with Gasteiger partial charge < -0.3 is 10.1 Å². The van der Waals surface area contributed by atoms with E-state index >= 15 is 0 Å². The largest absolute Gasteiger partial charge is 0.473 e. The van der Waals surface area contributed by atoms with Crippen LogP contribution in [0.1, 0.15) is 41.8 Å². The van der Waals surface area contributed by atoms with Crippen molar-refractivity contribution in [3.8, 4) is 5.88 Å². The number of alkyl halides is 3. The summed E-state index contributed by atoms with van der Waals surface area (Å²) in [5.74, 6) is -1.63. The van der Waals surface area contributed by atoms with Crippen LogP contribution in [0.2, 0.25) is 0 Å². The second kappa shape index (κ2) is 8.16. The lowest BCUT2D eigenvalue weighted by Crippen LogP contribution is -2.33. The van der Waals surface area contributed by atoms with E-state index in [2.05, 4.69) is 10.3 Å². The summed E-state index contributed by atoms with van der Waals surface area (Å²) in [6, 6.07) is 5.89. The molecule has 1 heterocycles. The monoisotopic (exact) mass is 370 g/mol. The van der Waals surface area contributed by atoms with Crippen molar-refractivity contribution in [3.63, 3.8) is 0 Å². The Balaban J connectivity index is 2.23. The van der Waals surface area contributed by atoms with Gasteiger partial charge in [-0.05, 0) is 31.0 Å². The molecule has 0 fully saturated rings. The molecule has 0 saturated carbocycles. The molecule has 0 aliphatic carbocycles. The Morgan fingerprint density at radius 1 is 1.31 bits per heavy atom. The van der Waals surface area contributed by atoms with Crippen LogP contribution in [-0.2, 0) is 12.8 Å². The third-order valence-corrected chi connectivity index (χ3v) is 3.69. The molecule has 0 radical (unpaired) electrons. The molecular formula is C18H18F4N2O2. The molecule has 8 heteroatoms. The first kappa shape index (κ1) is 19.7. The number of rotatable bonds is 6. The molecule has 2 aromatic rings. The van der Waals surface area contributed by atoms with Crippen molar-refractivity contribution in [2.75, 3.05) is 0 Å². The van der Waals surface area contributed by atoms with Crippen LogP contribution in [0.3, 0.4) is 0 Å². The van der Waals surface area contributed by atoms with Crippen molar-refractivity contribution < 1.29 is 27.1 Å². The molecular weight excluding hydrogens is 352 g/mol. The topological polar surface area (TPSA) is 51.2 Å². The SMILES string of the molecule is CC[C@@H](C)NC(=O)c1cnc(OCc2cccc(F)c2)cc1C(F)(F)F. The molecule has 0 bridgehead atoms. The zero-order valence-electron chi connectivity index (χ0n) is 14.2. The van der Waals surface area contributed by atoms with E-state index in [-0.39, 0.29) is 18.5 Å². The Bertz CT molecular complexity index is 778. The number of amides is 1. The lowest BCUT2D eigenvalue weighted by molar-refractivity contribution is -0.138. The second-order valence-corrected chi connectivity index (χ2v) is 5.77. The fourth-order valence-electron chi connectivity index (χ4n) is 2.12. The summed E-state index contributed by atoms with van der Waals surface area (Å²) in [6.07, 6.45) is -3.33. The van der Waals surface area contributed by atoms with Crippen LogP contribution in [0.25, 0.3) is 0 Å². The van der Waals surface area contributed by atoms with Crippen molar-refractivity contribution in [1.29, 1.82) is 0 Å². The smallest absolute Gasteiger partial charge is 0.417 e. The molecule has 1 atom stereocenters. The van der Waals surface area contributed by atoms with Gasteiger partial charge in [0.05, 0.1) is 11.1 Å². The summed E-state index contributed by atoms with van der Waals surface area (Å²) in [4.78, 5) is 15.8. The maximum Gasteiger partial charge on any atom is 0.417 e. The molecule has 0 saturated heterocycles. The number of nitrogens with one attached hydrogen (secondary N) is 1. The van der Waals surface area contributed by atoms with Gasteiger partial charge in [0.2, 0.25) is 5.88 Å². The third kappa shape index (κ3) is 5.18. The minimum atomic E-state index is -4.75. The van der Waals surface area contributed by atoms with Gasteiger partial charge in [-0.15, -0.1) is 0 Å². The van der Waals surface area contributed by atoms with Crippen LogP contribution in [0, 0.1) is 5.82 Å².